The van der Waals surface area contributed by atoms with Gasteiger partial charge in [-0.1, -0.05) is 18.2 Å². The second-order valence-electron chi connectivity index (χ2n) is 6.49. The van der Waals surface area contributed by atoms with Crippen LogP contribution in [0.25, 0.3) is 0 Å². The van der Waals surface area contributed by atoms with Crippen LogP contribution in [0.3, 0.4) is 0 Å². The zero-order chi connectivity index (χ0) is 21.0. The molecule has 0 spiro atoms. The quantitative estimate of drug-likeness (QED) is 0.629. The predicted octanol–water partition coefficient (Wildman–Crippen LogP) is 2.84. The number of aromatic nitrogens is 1. The first-order chi connectivity index (χ1) is 13.8. The van der Waals surface area contributed by atoms with Crippen LogP contribution in [0.4, 0.5) is 10.1 Å². The van der Waals surface area contributed by atoms with Gasteiger partial charge in [-0.2, -0.15) is 0 Å². The summed E-state index contributed by atoms with van der Waals surface area (Å²) >= 11 is 0. The SMILES string of the molecule is CC(C(=O)Nc1ccc(Cn2ccccc2=O)cc1)S(=O)(=O)c1ccc(F)cc1. The summed E-state index contributed by atoms with van der Waals surface area (Å²) in [4.78, 5) is 24.1. The highest BCUT2D eigenvalue weighted by atomic mass is 32.2. The summed E-state index contributed by atoms with van der Waals surface area (Å²) in [5, 5.41) is 1.22. The lowest BCUT2D eigenvalue weighted by Crippen LogP contribution is -2.32. The Morgan fingerprint density at radius 1 is 1.03 bits per heavy atom. The van der Waals surface area contributed by atoms with Crippen LogP contribution < -0.4 is 10.9 Å². The molecular formula is C21H19FN2O4S. The van der Waals surface area contributed by atoms with E-state index in [0.717, 1.165) is 29.8 Å². The minimum absolute atomic E-state index is 0.120. The molecule has 3 aromatic rings. The predicted molar refractivity (Wildman–Crippen MR) is 108 cm³/mol. The molecule has 0 fully saturated rings. The van der Waals surface area contributed by atoms with E-state index in [-0.39, 0.29) is 10.5 Å². The van der Waals surface area contributed by atoms with E-state index in [9.17, 15) is 22.4 Å². The number of benzene rings is 2. The summed E-state index contributed by atoms with van der Waals surface area (Å²) in [6.07, 6.45) is 1.68. The Morgan fingerprint density at radius 3 is 2.31 bits per heavy atom. The van der Waals surface area contributed by atoms with Gasteiger partial charge in [-0.05, 0) is 55.0 Å². The lowest BCUT2D eigenvalue weighted by Gasteiger charge is -2.14. The maximum Gasteiger partial charge on any atom is 0.250 e. The molecule has 1 N–H and O–H groups in total. The number of nitrogens with zero attached hydrogens (tertiary/aromatic N) is 1. The molecule has 0 aliphatic rings. The van der Waals surface area contributed by atoms with Gasteiger partial charge in [0.2, 0.25) is 5.91 Å². The molecule has 0 bridgehead atoms. The van der Waals surface area contributed by atoms with Crippen molar-refractivity contribution in [3.8, 4) is 0 Å². The Labute approximate surface area is 167 Å². The minimum atomic E-state index is -3.95. The van der Waals surface area contributed by atoms with Crippen molar-refractivity contribution in [3.63, 3.8) is 0 Å². The fourth-order valence-electron chi connectivity index (χ4n) is 2.69. The Bertz CT molecular complexity index is 1170. The van der Waals surface area contributed by atoms with Gasteiger partial charge in [0, 0.05) is 18.0 Å². The molecule has 6 nitrogen and oxygen atoms in total. The fourth-order valence-corrected chi connectivity index (χ4v) is 3.96. The van der Waals surface area contributed by atoms with Crippen LogP contribution in [0.5, 0.6) is 0 Å². The number of amides is 1. The van der Waals surface area contributed by atoms with Crippen LogP contribution in [-0.4, -0.2) is 24.1 Å². The van der Waals surface area contributed by atoms with Crippen molar-refractivity contribution in [2.45, 2.75) is 23.6 Å². The van der Waals surface area contributed by atoms with Gasteiger partial charge in [0.05, 0.1) is 11.4 Å². The van der Waals surface area contributed by atoms with Crippen molar-refractivity contribution in [2.24, 2.45) is 0 Å². The number of carbonyl (C=O) groups is 1. The molecule has 150 valence electrons. The molecule has 1 unspecified atom stereocenters. The van der Waals surface area contributed by atoms with Gasteiger partial charge in [-0.15, -0.1) is 0 Å². The number of rotatable bonds is 6. The van der Waals surface area contributed by atoms with Gasteiger partial charge in [-0.3, -0.25) is 9.59 Å². The number of hydrogen-bond acceptors (Lipinski definition) is 4. The van der Waals surface area contributed by atoms with Crippen molar-refractivity contribution < 1.29 is 17.6 Å². The molecule has 0 radical (unpaired) electrons. The molecule has 0 saturated heterocycles. The van der Waals surface area contributed by atoms with Crippen molar-refractivity contribution >= 4 is 21.4 Å². The average molecular weight is 414 g/mol. The first-order valence-corrected chi connectivity index (χ1v) is 10.4. The van der Waals surface area contributed by atoms with Gasteiger partial charge in [-0.25, -0.2) is 12.8 Å². The van der Waals surface area contributed by atoms with E-state index in [4.69, 9.17) is 0 Å². The second kappa shape index (κ2) is 8.40. The molecule has 1 amide bonds. The van der Waals surface area contributed by atoms with Gasteiger partial charge in [0.1, 0.15) is 11.1 Å². The Balaban J connectivity index is 1.69. The molecule has 8 heteroatoms. The minimum Gasteiger partial charge on any atom is -0.325 e. The van der Waals surface area contributed by atoms with Crippen LogP contribution in [0, 0.1) is 5.82 Å². The summed E-state index contributed by atoms with van der Waals surface area (Å²) in [5.74, 6) is -1.25. The van der Waals surface area contributed by atoms with Crippen LogP contribution >= 0.6 is 0 Å². The smallest absolute Gasteiger partial charge is 0.250 e. The number of nitrogens with one attached hydrogen (secondary N) is 1. The van der Waals surface area contributed by atoms with E-state index in [0.29, 0.717) is 12.2 Å². The average Bonchev–Trinajstić information content (AvgIpc) is 2.71. The maximum absolute atomic E-state index is 13.0. The summed E-state index contributed by atoms with van der Waals surface area (Å²) < 4.78 is 39.7. The number of carbonyl (C=O) groups excluding carboxylic acids is 1. The summed E-state index contributed by atoms with van der Waals surface area (Å²) in [7, 11) is -3.95. The lowest BCUT2D eigenvalue weighted by molar-refractivity contribution is -0.115. The highest BCUT2D eigenvalue weighted by Gasteiger charge is 2.29. The number of anilines is 1. The molecule has 29 heavy (non-hydrogen) atoms. The van der Waals surface area contributed by atoms with Crippen LogP contribution in [0.2, 0.25) is 0 Å². The summed E-state index contributed by atoms with van der Waals surface area (Å²) in [5.41, 5.74) is 1.16. The number of pyridine rings is 1. The molecule has 0 saturated carbocycles. The Morgan fingerprint density at radius 2 is 1.69 bits per heavy atom. The Hall–Kier alpha value is -3.26. The van der Waals surface area contributed by atoms with Crippen LogP contribution in [0.15, 0.2) is 82.6 Å². The van der Waals surface area contributed by atoms with Crippen LogP contribution in [-0.2, 0) is 21.2 Å². The number of sulfone groups is 1. The van der Waals surface area contributed by atoms with E-state index >= 15 is 0 Å². The third-order valence-electron chi connectivity index (χ3n) is 4.45. The van der Waals surface area contributed by atoms with Crippen LogP contribution in [0.1, 0.15) is 12.5 Å². The van der Waals surface area contributed by atoms with Crippen molar-refractivity contribution in [2.75, 3.05) is 5.32 Å². The number of hydrogen-bond donors (Lipinski definition) is 1. The normalized spacial score (nSPS) is 12.3. The summed E-state index contributed by atoms with van der Waals surface area (Å²) in [6, 6.07) is 16.0. The summed E-state index contributed by atoms with van der Waals surface area (Å²) in [6.45, 7) is 1.66. The molecule has 1 aromatic heterocycles. The highest BCUT2D eigenvalue weighted by Crippen LogP contribution is 2.18. The van der Waals surface area contributed by atoms with Gasteiger partial charge < -0.3 is 9.88 Å². The largest absolute Gasteiger partial charge is 0.325 e. The fraction of sp³-hybridized carbons (Fsp3) is 0.143. The molecule has 1 atom stereocenters. The van der Waals surface area contributed by atoms with E-state index < -0.39 is 26.8 Å². The zero-order valence-corrected chi connectivity index (χ0v) is 16.4. The third kappa shape index (κ3) is 4.78. The second-order valence-corrected chi connectivity index (χ2v) is 8.76. The van der Waals surface area contributed by atoms with Crippen molar-refractivity contribution in [1.29, 1.82) is 0 Å². The first kappa shape index (κ1) is 20.5. The maximum atomic E-state index is 13.0. The highest BCUT2D eigenvalue weighted by molar-refractivity contribution is 7.92. The third-order valence-corrected chi connectivity index (χ3v) is 6.52. The first-order valence-electron chi connectivity index (χ1n) is 8.82. The van der Waals surface area contributed by atoms with Gasteiger partial charge in [0.15, 0.2) is 9.84 Å². The van der Waals surface area contributed by atoms with Gasteiger partial charge in [0.25, 0.3) is 5.56 Å². The monoisotopic (exact) mass is 414 g/mol. The van der Waals surface area contributed by atoms with E-state index in [1.54, 1.807) is 47.2 Å². The van der Waals surface area contributed by atoms with E-state index in [1.165, 1.54) is 13.0 Å². The molecule has 3 rings (SSSR count). The molecule has 2 aromatic carbocycles. The van der Waals surface area contributed by atoms with E-state index in [2.05, 4.69) is 5.32 Å². The zero-order valence-electron chi connectivity index (χ0n) is 15.6. The van der Waals surface area contributed by atoms with Gasteiger partial charge >= 0.3 is 0 Å². The number of halogens is 1. The molecular weight excluding hydrogens is 395 g/mol. The standard InChI is InChI=1S/C21H19FN2O4S/c1-15(29(27,28)19-11-7-17(22)8-12-19)21(26)23-18-9-5-16(6-10-18)14-24-13-3-2-4-20(24)25/h2-13,15H,14H2,1H3,(H,23,26). The van der Waals surface area contributed by atoms with Crippen molar-refractivity contribution in [3.05, 3.63) is 94.7 Å². The molecule has 0 aliphatic carbocycles. The molecule has 0 aliphatic heterocycles. The lowest BCUT2D eigenvalue weighted by atomic mass is 10.2. The van der Waals surface area contributed by atoms with Crippen molar-refractivity contribution in [1.82, 2.24) is 4.57 Å². The topological polar surface area (TPSA) is 85.2 Å². The van der Waals surface area contributed by atoms with E-state index in [1.807, 2.05) is 0 Å². The molecule has 1 heterocycles. The Kier molecular flexibility index (Phi) is 5.93.